The third-order valence-electron chi connectivity index (χ3n) is 0.401. The highest BCUT2D eigenvalue weighted by molar-refractivity contribution is 7.83. The predicted octanol–water partition coefficient (Wildman–Crippen LogP) is 1.75. The van der Waals surface area contributed by atoms with E-state index in [0.717, 1.165) is 12.2 Å². The summed E-state index contributed by atoms with van der Waals surface area (Å²) in [6.07, 6.45) is 2.99. The maximum atomic E-state index is 3.97. The zero-order chi connectivity index (χ0) is 4.83. The van der Waals surface area contributed by atoms with Crippen molar-refractivity contribution >= 4 is 25.3 Å². The second-order valence-corrected chi connectivity index (χ2v) is 1.64. The minimum atomic E-state index is 0.914. The third kappa shape index (κ3) is 4.44. The molecule has 0 aromatic carbocycles. The summed E-state index contributed by atoms with van der Waals surface area (Å²) < 4.78 is 0. The second-order valence-electron chi connectivity index (χ2n) is 0.897. The zero-order valence-electron chi connectivity index (χ0n) is 3.46. The first-order valence-electron chi connectivity index (χ1n) is 1.82. The molecule has 0 saturated heterocycles. The molecule has 0 bridgehead atoms. The highest BCUT2D eigenvalue weighted by atomic mass is 32.1. The molecule has 0 rings (SSSR count). The third-order valence-corrected chi connectivity index (χ3v) is 0.870. The van der Waals surface area contributed by atoms with Crippen LogP contribution in [0.1, 0.15) is 6.42 Å². The number of rotatable bonds is 2. The number of hydrogen-bond donors (Lipinski definition) is 2. The van der Waals surface area contributed by atoms with E-state index in [-0.39, 0.29) is 0 Å². The van der Waals surface area contributed by atoms with Crippen LogP contribution in [-0.2, 0) is 0 Å². The maximum absolute atomic E-state index is 3.97. The van der Waals surface area contributed by atoms with Gasteiger partial charge in [0.25, 0.3) is 0 Å². The van der Waals surface area contributed by atoms with Crippen molar-refractivity contribution in [1.82, 2.24) is 0 Å². The number of hydrogen-bond acceptors (Lipinski definition) is 2. The summed E-state index contributed by atoms with van der Waals surface area (Å²) in [6.45, 7) is 0. The molecule has 0 amide bonds. The largest absolute Gasteiger partial charge is 0.179 e. The predicted molar refractivity (Wildman–Crippen MR) is 36.6 cm³/mol. The molecular weight excluding hydrogens is 112 g/mol. The van der Waals surface area contributed by atoms with Crippen LogP contribution >= 0.6 is 25.3 Å². The van der Waals surface area contributed by atoms with E-state index in [0.29, 0.717) is 0 Å². The fraction of sp³-hybridized carbons (Fsp3) is 0.500. The molecule has 0 fully saturated rings. The molecule has 0 spiro atoms. The molecule has 0 unspecified atom stereocenters. The van der Waals surface area contributed by atoms with Gasteiger partial charge in [0, 0.05) is 0 Å². The van der Waals surface area contributed by atoms with Gasteiger partial charge in [-0.05, 0) is 17.6 Å². The molecule has 0 aliphatic carbocycles. The summed E-state index contributed by atoms with van der Waals surface area (Å²) in [5.41, 5.74) is 0. The summed E-state index contributed by atoms with van der Waals surface area (Å²) in [5.74, 6) is 0.914. The molecule has 0 aromatic heterocycles. The Bertz CT molecular complexity index is 40.8. The quantitative estimate of drug-likeness (QED) is 0.510. The summed E-state index contributed by atoms with van der Waals surface area (Å²) in [5, 5.41) is 1.73. The zero-order valence-corrected chi connectivity index (χ0v) is 5.25. The molecule has 0 atom stereocenters. The Balaban J connectivity index is 2.66. The van der Waals surface area contributed by atoms with E-state index in [1.54, 1.807) is 5.41 Å². The van der Waals surface area contributed by atoms with Gasteiger partial charge in [0.15, 0.2) is 0 Å². The van der Waals surface area contributed by atoms with Crippen LogP contribution in [0.15, 0.2) is 11.5 Å². The van der Waals surface area contributed by atoms with Gasteiger partial charge in [-0.15, -0.1) is 0 Å². The van der Waals surface area contributed by atoms with Gasteiger partial charge in [-0.25, -0.2) is 0 Å². The van der Waals surface area contributed by atoms with Crippen LogP contribution in [0.2, 0.25) is 0 Å². The molecule has 0 nitrogen and oxygen atoms in total. The van der Waals surface area contributed by atoms with Crippen molar-refractivity contribution in [2.75, 3.05) is 5.75 Å². The molecule has 0 aliphatic rings. The van der Waals surface area contributed by atoms with E-state index in [1.165, 1.54) is 0 Å². The van der Waals surface area contributed by atoms with E-state index in [4.69, 9.17) is 0 Å². The molecule has 0 aromatic rings. The normalized spacial score (nSPS) is 10.3. The summed E-state index contributed by atoms with van der Waals surface area (Å²) in [7, 11) is 0. The van der Waals surface area contributed by atoms with E-state index in [2.05, 4.69) is 25.3 Å². The Kier molecular flexibility index (Phi) is 5.84. The van der Waals surface area contributed by atoms with Crippen molar-refractivity contribution in [3.63, 3.8) is 0 Å². The molecule has 0 radical (unpaired) electrons. The van der Waals surface area contributed by atoms with Gasteiger partial charge in [0.05, 0.1) is 0 Å². The lowest BCUT2D eigenvalue weighted by molar-refractivity contribution is 1.26. The topological polar surface area (TPSA) is 0 Å². The molecule has 0 saturated carbocycles. The molecule has 0 N–H and O–H groups in total. The highest BCUT2D eigenvalue weighted by Crippen LogP contribution is 1.86. The SMILES string of the molecule is S/C=C/CCS. The van der Waals surface area contributed by atoms with Crippen molar-refractivity contribution in [3.05, 3.63) is 11.5 Å². The van der Waals surface area contributed by atoms with Crippen LogP contribution < -0.4 is 0 Å². The van der Waals surface area contributed by atoms with Crippen molar-refractivity contribution in [1.29, 1.82) is 0 Å². The fourth-order valence-corrected chi connectivity index (χ4v) is 0.447. The molecule has 0 heterocycles. The van der Waals surface area contributed by atoms with E-state index in [1.807, 2.05) is 6.08 Å². The van der Waals surface area contributed by atoms with E-state index in [9.17, 15) is 0 Å². The second kappa shape index (κ2) is 5.44. The highest BCUT2D eigenvalue weighted by Gasteiger charge is 1.65. The van der Waals surface area contributed by atoms with Crippen LogP contribution in [0.4, 0.5) is 0 Å². The molecule has 0 aliphatic heterocycles. The van der Waals surface area contributed by atoms with Crippen LogP contribution in [0.25, 0.3) is 0 Å². The number of allylic oxidation sites excluding steroid dienone is 1. The summed E-state index contributed by atoms with van der Waals surface area (Å²) >= 11 is 7.81. The van der Waals surface area contributed by atoms with E-state index >= 15 is 0 Å². The molecular formula is C4H8S2. The van der Waals surface area contributed by atoms with Crippen molar-refractivity contribution < 1.29 is 0 Å². The Morgan fingerprint density at radius 3 is 2.33 bits per heavy atom. The van der Waals surface area contributed by atoms with Crippen LogP contribution in [-0.4, -0.2) is 5.75 Å². The number of thiol groups is 2. The Morgan fingerprint density at radius 2 is 2.17 bits per heavy atom. The molecule has 6 heavy (non-hydrogen) atoms. The Morgan fingerprint density at radius 1 is 1.50 bits per heavy atom. The first-order valence-corrected chi connectivity index (χ1v) is 2.96. The maximum Gasteiger partial charge on any atom is -0.00630 e. The van der Waals surface area contributed by atoms with Crippen molar-refractivity contribution in [3.8, 4) is 0 Å². The van der Waals surface area contributed by atoms with Gasteiger partial charge in [0.1, 0.15) is 0 Å². The fourth-order valence-electron chi connectivity index (χ4n) is 0.149. The van der Waals surface area contributed by atoms with Crippen LogP contribution in [0.3, 0.4) is 0 Å². The van der Waals surface area contributed by atoms with Gasteiger partial charge in [-0.1, -0.05) is 6.08 Å². The minimum Gasteiger partial charge on any atom is -0.179 e. The van der Waals surface area contributed by atoms with Crippen molar-refractivity contribution in [2.24, 2.45) is 0 Å². The monoisotopic (exact) mass is 120 g/mol. The smallest absolute Gasteiger partial charge is 0.00630 e. The Labute approximate surface area is 49.5 Å². The summed E-state index contributed by atoms with van der Waals surface area (Å²) in [6, 6.07) is 0. The lowest BCUT2D eigenvalue weighted by atomic mass is 10.5. The Hall–Kier alpha value is 0.440. The van der Waals surface area contributed by atoms with Gasteiger partial charge in [-0.3, -0.25) is 0 Å². The van der Waals surface area contributed by atoms with Crippen LogP contribution in [0.5, 0.6) is 0 Å². The molecule has 36 valence electrons. The van der Waals surface area contributed by atoms with Gasteiger partial charge < -0.3 is 0 Å². The van der Waals surface area contributed by atoms with Crippen LogP contribution in [0, 0.1) is 0 Å². The standard InChI is InChI=1S/C4H8S2/c5-3-1-2-4-6/h1,3,5-6H,2,4H2/b3-1+. The minimum absolute atomic E-state index is 0.914. The lowest BCUT2D eigenvalue weighted by Gasteiger charge is -1.75. The average Bonchev–Trinajstić information content (AvgIpc) is 1.61. The van der Waals surface area contributed by atoms with Crippen molar-refractivity contribution in [2.45, 2.75) is 6.42 Å². The van der Waals surface area contributed by atoms with E-state index < -0.39 is 0 Å². The van der Waals surface area contributed by atoms with Gasteiger partial charge in [-0.2, -0.15) is 25.3 Å². The van der Waals surface area contributed by atoms with Gasteiger partial charge >= 0.3 is 0 Å². The summed E-state index contributed by atoms with van der Waals surface area (Å²) in [4.78, 5) is 0. The first-order chi connectivity index (χ1) is 2.91. The first kappa shape index (κ1) is 6.44. The lowest BCUT2D eigenvalue weighted by Crippen LogP contribution is -1.61. The average molecular weight is 120 g/mol. The molecule has 2 heteroatoms. The van der Waals surface area contributed by atoms with Gasteiger partial charge in [0.2, 0.25) is 0 Å².